The molecular weight excluding hydrogens is 244 g/mol. The zero-order valence-corrected chi connectivity index (χ0v) is 10.1. The van der Waals surface area contributed by atoms with E-state index in [1.54, 1.807) is 7.05 Å². The lowest BCUT2D eigenvalue weighted by Crippen LogP contribution is -2.30. The van der Waals surface area contributed by atoms with Crippen LogP contribution in [0, 0.1) is 0 Å². The molecule has 0 aromatic heterocycles. The summed E-state index contributed by atoms with van der Waals surface area (Å²) >= 11 is 0. The molecule has 1 amide bonds. The second-order valence-electron chi connectivity index (χ2n) is 3.63. The molecule has 0 aliphatic heterocycles. The highest BCUT2D eigenvalue weighted by Gasteiger charge is 2.12. The Bertz CT molecular complexity index is 541. The monoisotopic (exact) mass is 258 g/mol. The lowest BCUT2D eigenvalue weighted by molar-refractivity contribution is -0.116. The van der Waals surface area contributed by atoms with Gasteiger partial charge in [0.25, 0.3) is 0 Å². The third-order valence-corrected chi connectivity index (χ3v) is 2.97. The summed E-state index contributed by atoms with van der Waals surface area (Å²) in [4.78, 5) is 12.1. The molecule has 0 heterocycles. The standard InChI is InChI=1S/C9H14N4O3S/c1-13(5-9(11)14)7-2-6(10)3-8(4-7)17(12,15)16/h2-4H,5,10H2,1H3,(H2,11,14)(H2,12,15,16). The van der Waals surface area contributed by atoms with Crippen LogP contribution in [0.1, 0.15) is 0 Å². The molecule has 1 aromatic carbocycles. The first kappa shape index (κ1) is 13.3. The summed E-state index contributed by atoms with van der Waals surface area (Å²) in [5.74, 6) is -0.535. The lowest BCUT2D eigenvalue weighted by Gasteiger charge is -2.18. The van der Waals surface area contributed by atoms with Gasteiger partial charge in [-0.2, -0.15) is 0 Å². The quantitative estimate of drug-likeness (QED) is 0.586. The van der Waals surface area contributed by atoms with E-state index in [9.17, 15) is 13.2 Å². The maximum absolute atomic E-state index is 11.2. The summed E-state index contributed by atoms with van der Waals surface area (Å²) in [6.45, 7) is -0.0481. The summed E-state index contributed by atoms with van der Waals surface area (Å²) in [6.07, 6.45) is 0. The normalized spacial score (nSPS) is 11.2. The number of sulfonamides is 1. The average Bonchev–Trinajstić information content (AvgIpc) is 2.14. The molecule has 0 atom stereocenters. The van der Waals surface area contributed by atoms with Crippen molar-refractivity contribution >= 4 is 27.3 Å². The fourth-order valence-corrected chi connectivity index (χ4v) is 1.90. The van der Waals surface area contributed by atoms with Crippen molar-refractivity contribution in [2.45, 2.75) is 4.90 Å². The number of nitrogen functional groups attached to an aromatic ring is 1. The summed E-state index contributed by atoms with van der Waals surface area (Å²) in [7, 11) is -2.24. The van der Waals surface area contributed by atoms with Gasteiger partial charge in [0.15, 0.2) is 0 Å². The van der Waals surface area contributed by atoms with Gasteiger partial charge in [0.2, 0.25) is 15.9 Å². The molecule has 17 heavy (non-hydrogen) atoms. The average molecular weight is 258 g/mol. The van der Waals surface area contributed by atoms with E-state index in [2.05, 4.69) is 0 Å². The molecule has 0 radical (unpaired) electrons. The Morgan fingerprint density at radius 2 is 1.94 bits per heavy atom. The molecule has 0 saturated carbocycles. The maximum atomic E-state index is 11.2. The number of primary amides is 1. The number of primary sulfonamides is 1. The van der Waals surface area contributed by atoms with Gasteiger partial charge >= 0.3 is 0 Å². The van der Waals surface area contributed by atoms with E-state index < -0.39 is 15.9 Å². The van der Waals surface area contributed by atoms with Crippen molar-refractivity contribution in [1.82, 2.24) is 0 Å². The maximum Gasteiger partial charge on any atom is 0.238 e. The van der Waals surface area contributed by atoms with Crippen LogP contribution in [0.5, 0.6) is 0 Å². The van der Waals surface area contributed by atoms with E-state index in [4.69, 9.17) is 16.6 Å². The van der Waals surface area contributed by atoms with Gasteiger partial charge in [0.05, 0.1) is 11.4 Å². The van der Waals surface area contributed by atoms with Crippen molar-refractivity contribution in [3.05, 3.63) is 18.2 Å². The summed E-state index contributed by atoms with van der Waals surface area (Å²) in [6, 6.07) is 4.10. The van der Waals surface area contributed by atoms with Crippen LogP contribution in [0.25, 0.3) is 0 Å². The van der Waals surface area contributed by atoms with E-state index in [0.717, 1.165) is 0 Å². The molecule has 0 unspecified atom stereocenters. The zero-order chi connectivity index (χ0) is 13.2. The van der Waals surface area contributed by atoms with Crippen LogP contribution >= 0.6 is 0 Å². The summed E-state index contributed by atoms with van der Waals surface area (Å²) in [5, 5.41) is 5.00. The van der Waals surface area contributed by atoms with Gasteiger partial charge in [-0.25, -0.2) is 13.6 Å². The van der Waals surface area contributed by atoms with Gasteiger partial charge < -0.3 is 16.4 Å². The molecule has 1 rings (SSSR count). The van der Waals surface area contributed by atoms with Gasteiger partial charge in [0, 0.05) is 18.4 Å². The molecule has 0 spiro atoms. The largest absolute Gasteiger partial charge is 0.399 e. The SMILES string of the molecule is CN(CC(N)=O)c1cc(N)cc(S(N)(=O)=O)c1. The fourth-order valence-electron chi connectivity index (χ4n) is 1.32. The van der Waals surface area contributed by atoms with Crippen LogP contribution in [0.4, 0.5) is 11.4 Å². The van der Waals surface area contributed by atoms with Gasteiger partial charge in [-0.3, -0.25) is 4.79 Å². The van der Waals surface area contributed by atoms with Crippen molar-refractivity contribution in [1.29, 1.82) is 0 Å². The van der Waals surface area contributed by atoms with Gasteiger partial charge in [-0.05, 0) is 18.2 Å². The lowest BCUT2D eigenvalue weighted by atomic mass is 10.2. The molecule has 1 aromatic rings. The number of nitrogens with zero attached hydrogens (tertiary/aromatic N) is 1. The Kier molecular flexibility index (Phi) is 3.59. The summed E-state index contributed by atoms with van der Waals surface area (Å²) in [5.41, 5.74) is 11.3. The molecule has 8 heteroatoms. The molecular formula is C9H14N4O3S. The second kappa shape index (κ2) is 4.60. The van der Waals surface area contributed by atoms with Crippen molar-refractivity contribution < 1.29 is 13.2 Å². The van der Waals surface area contributed by atoms with Crippen LogP contribution in [-0.2, 0) is 14.8 Å². The van der Waals surface area contributed by atoms with Crippen molar-refractivity contribution in [2.75, 3.05) is 24.2 Å². The minimum atomic E-state index is -3.83. The highest BCUT2D eigenvalue weighted by molar-refractivity contribution is 7.89. The smallest absolute Gasteiger partial charge is 0.238 e. The number of amides is 1. The molecule has 6 N–H and O–H groups in total. The third-order valence-electron chi connectivity index (χ3n) is 2.08. The van der Waals surface area contributed by atoms with E-state index in [-0.39, 0.29) is 17.1 Å². The Morgan fingerprint density at radius 3 is 2.41 bits per heavy atom. The molecule has 7 nitrogen and oxygen atoms in total. The number of likely N-dealkylation sites (N-methyl/N-ethyl adjacent to an activating group) is 1. The molecule has 0 fully saturated rings. The molecule has 0 bridgehead atoms. The van der Waals surface area contributed by atoms with E-state index in [1.807, 2.05) is 0 Å². The Balaban J connectivity index is 3.18. The van der Waals surface area contributed by atoms with Crippen molar-refractivity contribution in [2.24, 2.45) is 10.9 Å². The number of anilines is 2. The second-order valence-corrected chi connectivity index (χ2v) is 5.19. The number of hydrogen-bond donors (Lipinski definition) is 3. The van der Waals surface area contributed by atoms with Gasteiger partial charge in [0.1, 0.15) is 0 Å². The molecule has 0 saturated heterocycles. The summed E-state index contributed by atoms with van der Waals surface area (Å²) < 4.78 is 22.4. The number of carbonyl (C=O) groups excluding carboxylic acids is 1. The predicted molar refractivity (Wildman–Crippen MR) is 64.7 cm³/mol. The number of hydrogen-bond acceptors (Lipinski definition) is 5. The topological polar surface area (TPSA) is 133 Å². The van der Waals surface area contributed by atoms with Crippen molar-refractivity contribution in [3.8, 4) is 0 Å². The minimum Gasteiger partial charge on any atom is -0.399 e. The minimum absolute atomic E-state index is 0.0481. The van der Waals surface area contributed by atoms with E-state index in [0.29, 0.717) is 5.69 Å². The van der Waals surface area contributed by atoms with Crippen LogP contribution in [0.2, 0.25) is 0 Å². The highest BCUT2D eigenvalue weighted by atomic mass is 32.2. The molecule has 94 valence electrons. The first-order valence-electron chi connectivity index (χ1n) is 4.63. The Labute approximate surface area is 99.2 Å². The number of carbonyl (C=O) groups is 1. The van der Waals surface area contributed by atoms with E-state index >= 15 is 0 Å². The zero-order valence-electron chi connectivity index (χ0n) is 9.25. The third kappa shape index (κ3) is 3.61. The highest BCUT2D eigenvalue weighted by Crippen LogP contribution is 2.21. The Hall–Kier alpha value is -1.80. The van der Waals surface area contributed by atoms with Crippen LogP contribution in [-0.4, -0.2) is 27.9 Å². The predicted octanol–water partition coefficient (Wildman–Crippen LogP) is -1.16. The van der Waals surface area contributed by atoms with Gasteiger partial charge in [-0.1, -0.05) is 0 Å². The van der Waals surface area contributed by atoms with Crippen LogP contribution < -0.4 is 21.5 Å². The van der Waals surface area contributed by atoms with Crippen LogP contribution in [0.3, 0.4) is 0 Å². The number of benzene rings is 1. The molecule has 0 aliphatic rings. The first-order valence-corrected chi connectivity index (χ1v) is 6.17. The van der Waals surface area contributed by atoms with Crippen LogP contribution in [0.15, 0.2) is 23.1 Å². The Morgan fingerprint density at radius 1 is 1.35 bits per heavy atom. The van der Waals surface area contributed by atoms with E-state index in [1.165, 1.54) is 23.1 Å². The van der Waals surface area contributed by atoms with Gasteiger partial charge in [-0.15, -0.1) is 0 Å². The molecule has 0 aliphatic carbocycles. The fraction of sp³-hybridized carbons (Fsp3) is 0.222. The number of rotatable bonds is 4. The van der Waals surface area contributed by atoms with Crippen molar-refractivity contribution in [3.63, 3.8) is 0 Å². The number of nitrogens with two attached hydrogens (primary N) is 3. The first-order chi connectivity index (χ1) is 7.70.